The SMILES string of the molecule is CCCCOC(=O)C(C)(CC)CC(C)(C)C(=O)OC(C)(C)C. The van der Waals surface area contributed by atoms with Crippen LogP contribution in [0.1, 0.15) is 81.1 Å². The van der Waals surface area contributed by atoms with Gasteiger partial charge in [0.1, 0.15) is 5.60 Å². The Morgan fingerprint density at radius 1 is 0.909 bits per heavy atom. The zero-order valence-electron chi connectivity index (χ0n) is 15.7. The Morgan fingerprint density at radius 3 is 1.86 bits per heavy atom. The van der Waals surface area contributed by atoms with Gasteiger partial charge in [-0.2, -0.15) is 0 Å². The van der Waals surface area contributed by atoms with Crippen molar-refractivity contribution in [3.8, 4) is 0 Å². The number of unbranched alkanes of at least 4 members (excludes halogenated alkanes) is 1. The highest BCUT2D eigenvalue weighted by Gasteiger charge is 2.43. The number of hydrogen-bond acceptors (Lipinski definition) is 4. The molecule has 1 atom stereocenters. The summed E-state index contributed by atoms with van der Waals surface area (Å²) in [5.41, 5.74) is -1.94. The normalized spacial score (nSPS) is 15.1. The topological polar surface area (TPSA) is 52.6 Å². The first-order chi connectivity index (χ1) is 9.88. The minimum Gasteiger partial charge on any atom is -0.465 e. The van der Waals surface area contributed by atoms with Crippen molar-refractivity contribution in [1.29, 1.82) is 0 Å². The number of hydrogen-bond donors (Lipinski definition) is 0. The summed E-state index contributed by atoms with van der Waals surface area (Å²) in [5, 5.41) is 0. The van der Waals surface area contributed by atoms with Crippen molar-refractivity contribution in [3.05, 3.63) is 0 Å². The van der Waals surface area contributed by atoms with Gasteiger partial charge in [0, 0.05) is 0 Å². The average molecular weight is 314 g/mol. The minimum atomic E-state index is -0.734. The van der Waals surface area contributed by atoms with Crippen LogP contribution >= 0.6 is 0 Å². The molecule has 0 radical (unpaired) electrons. The fourth-order valence-corrected chi connectivity index (χ4v) is 2.29. The second-order valence-corrected chi connectivity index (χ2v) is 7.97. The summed E-state index contributed by atoms with van der Waals surface area (Å²) >= 11 is 0. The Labute approximate surface area is 135 Å². The molecular formula is C18H34O4. The van der Waals surface area contributed by atoms with Crippen LogP contribution in [0.3, 0.4) is 0 Å². The van der Waals surface area contributed by atoms with E-state index in [-0.39, 0.29) is 11.9 Å². The second-order valence-electron chi connectivity index (χ2n) is 7.97. The van der Waals surface area contributed by atoms with Crippen molar-refractivity contribution in [2.75, 3.05) is 6.61 Å². The van der Waals surface area contributed by atoms with Gasteiger partial charge in [-0.1, -0.05) is 20.3 Å². The van der Waals surface area contributed by atoms with Crippen molar-refractivity contribution >= 4 is 11.9 Å². The van der Waals surface area contributed by atoms with Crippen LogP contribution in [-0.4, -0.2) is 24.1 Å². The average Bonchev–Trinajstić information content (AvgIpc) is 2.36. The van der Waals surface area contributed by atoms with Gasteiger partial charge in [-0.05, 0) is 60.8 Å². The Morgan fingerprint density at radius 2 is 1.45 bits per heavy atom. The maximum absolute atomic E-state index is 12.4. The third-order valence-electron chi connectivity index (χ3n) is 3.79. The van der Waals surface area contributed by atoms with Crippen LogP contribution in [0.25, 0.3) is 0 Å². The van der Waals surface area contributed by atoms with Crippen molar-refractivity contribution in [1.82, 2.24) is 0 Å². The molecule has 0 amide bonds. The zero-order valence-corrected chi connectivity index (χ0v) is 15.7. The minimum absolute atomic E-state index is 0.222. The second kappa shape index (κ2) is 7.98. The number of carbonyl (C=O) groups excluding carboxylic acids is 2. The zero-order chi connectivity index (χ0) is 17.6. The fraction of sp³-hybridized carbons (Fsp3) is 0.889. The Hall–Kier alpha value is -1.06. The van der Waals surface area contributed by atoms with Gasteiger partial charge in [0.05, 0.1) is 17.4 Å². The fourth-order valence-electron chi connectivity index (χ4n) is 2.29. The molecule has 0 spiro atoms. The number of ether oxygens (including phenoxy) is 2. The number of esters is 2. The molecule has 0 aliphatic carbocycles. The lowest BCUT2D eigenvalue weighted by Gasteiger charge is -2.35. The van der Waals surface area contributed by atoms with E-state index < -0.39 is 16.4 Å². The molecule has 0 aromatic rings. The third-order valence-corrected chi connectivity index (χ3v) is 3.79. The van der Waals surface area contributed by atoms with Crippen molar-refractivity contribution in [2.24, 2.45) is 10.8 Å². The third kappa shape index (κ3) is 6.80. The molecule has 0 heterocycles. The molecule has 0 fully saturated rings. The predicted molar refractivity (Wildman–Crippen MR) is 88.5 cm³/mol. The maximum atomic E-state index is 12.4. The van der Waals surface area contributed by atoms with E-state index in [1.165, 1.54) is 0 Å². The van der Waals surface area contributed by atoms with Gasteiger partial charge >= 0.3 is 11.9 Å². The summed E-state index contributed by atoms with van der Waals surface area (Å²) in [6.07, 6.45) is 2.89. The molecule has 0 bridgehead atoms. The number of rotatable bonds is 8. The first-order valence-corrected chi connectivity index (χ1v) is 8.28. The van der Waals surface area contributed by atoms with Crippen LogP contribution in [0.15, 0.2) is 0 Å². The molecule has 0 aliphatic rings. The summed E-state index contributed by atoms with van der Waals surface area (Å²) in [7, 11) is 0. The van der Waals surface area contributed by atoms with Gasteiger partial charge in [-0.15, -0.1) is 0 Å². The van der Waals surface area contributed by atoms with Gasteiger partial charge in [0.2, 0.25) is 0 Å². The van der Waals surface area contributed by atoms with Crippen LogP contribution in [-0.2, 0) is 19.1 Å². The summed E-state index contributed by atoms with van der Waals surface area (Å²) in [5.74, 6) is -0.499. The van der Waals surface area contributed by atoms with E-state index in [9.17, 15) is 9.59 Å². The molecule has 22 heavy (non-hydrogen) atoms. The first-order valence-electron chi connectivity index (χ1n) is 8.28. The van der Waals surface area contributed by atoms with Gasteiger partial charge in [-0.3, -0.25) is 9.59 Å². The van der Waals surface area contributed by atoms with Gasteiger partial charge < -0.3 is 9.47 Å². The summed E-state index contributed by atoms with van der Waals surface area (Å²) in [4.78, 5) is 24.8. The van der Waals surface area contributed by atoms with E-state index in [4.69, 9.17) is 9.47 Å². The summed E-state index contributed by atoms with van der Waals surface area (Å²) in [6, 6.07) is 0. The molecule has 0 rings (SSSR count). The lowest BCUT2D eigenvalue weighted by Crippen LogP contribution is -2.40. The highest BCUT2D eigenvalue weighted by Crippen LogP contribution is 2.39. The van der Waals surface area contributed by atoms with Crippen molar-refractivity contribution in [2.45, 2.75) is 86.7 Å². The Bertz CT molecular complexity index is 379. The molecule has 4 heteroatoms. The molecule has 0 aliphatic heterocycles. The highest BCUT2D eigenvalue weighted by molar-refractivity contribution is 5.80. The molecular weight excluding hydrogens is 280 g/mol. The predicted octanol–water partition coefficient (Wildman–Crippen LogP) is 4.50. The molecule has 0 aromatic carbocycles. The summed E-state index contributed by atoms with van der Waals surface area (Å²) in [6.45, 7) is 15.5. The molecule has 0 saturated heterocycles. The molecule has 0 N–H and O–H groups in total. The molecule has 4 nitrogen and oxygen atoms in total. The van der Waals surface area contributed by atoms with Crippen molar-refractivity contribution < 1.29 is 19.1 Å². The molecule has 0 aromatic heterocycles. The lowest BCUT2D eigenvalue weighted by atomic mass is 9.72. The van der Waals surface area contributed by atoms with E-state index in [2.05, 4.69) is 6.92 Å². The van der Waals surface area contributed by atoms with Crippen LogP contribution in [0.4, 0.5) is 0 Å². The first kappa shape index (κ1) is 20.9. The Balaban J connectivity index is 4.94. The highest BCUT2D eigenvalue weighted by atomic mass is 16.6. The van der Waals surface area contributed by atoms with Crippen LogP contribution in [0.2, 0.25) is 0 Å². The van der Waals surface area contributed by atoms with E-state index in [1.807, 2.05) is 48.5 Å². The van der Waals surface area contributed by atoms with Gasteiger partial charge in [-0.25, -0.2) is 0 Å². The van der Waals surface area contributed by atoms with Crippen LogP contribution in [0, 0.1) is 10.8 Å². The van der Waals surface area contributed by atoms with Crippen LogP contribution in [0.5, 0.6) is 0 Å². The van der Waals surface area contributed by atoms with E-state index >= 15 is 0 Å². The van der Waals surface area contributed by atoms with E-state index in [0.29, 0.717) is 19.4 Å². The Kier molecular flexibility index (Phi) is 7.60. The van der Waals surface area contributed by atoms with E-state index in [0.717, 1.165) is 12.8 Å². The lowest BCUT2D eigenvalue weighted by molar-refractivity contribution is -0.170. The van der Waals surface area contributed by atoms with Gasteiger partial charge in [0.15, 0.2) is 0 Å². The van der Waals surface area contributed by atoms with Crippen molar-refractivity contribution in [3.63, 3.8) is 0 Å². The standard InChI is InChI=1S/C18H34O4/c1-9-11-12-21-15(20)18(8,10-2)13-17(6,7)14(19)22-16(3,4)5/h9-13H2,1-8H3. The maximum Gasteiger partial charge on any atom is 0.312 e. The largest absolute Gasteiger partial charge is 0.465 e. The smallest absolute Gasteiger partial charge is 0.312 e. The number of carbonyl (C=O) groups is 2. The van der Waals surface area contributed by atoms with Gasteiger partial charge in [0.25, 0.3) is 0 Å². The molecule has 1 unspecified atom stereocenters. The molecule has 130 valence electrons. The summed E-state index contributed by atoms with van der Waals surface area (Å²) < 4.78 is 10.9. The van der Waals surface area contributed by atoms with Crippen LogP contribution < -0.4 is 0 Å². The van der Waals surface area contributed by atoms with E-state index in [1.54, 1.807) is 0 Å². The molecule has 0 saturated carbocycles. The monoisotopic (exact) mass is 314 g/mol. The quantitative estimate of drug-likeness (QED) is 0.489.